The first-order valence-corrected chi connectivity index (χ1v) is 6.39. The van der Waals surface area contributed by atoms with E-state index in [1.807, 2.05) is 25.1 Å². The van der Waals surface area contributed by atoms with E-state index >= 15 is 0 Å². The number of hydrogen-bond donors (Lipinski definition) is 1. The molecular formula is C14H21NO3. The van der Waals surface area contributed by atoms with E-state index in [0.29, 0.717) is 0 Å². The Balaban J connectivity index is 2.20. The average molecular weight is 251 g/mol. The quantitative estimate of drug-likeness (QED) is 0.892. The van der Waals surface area contributed by atoms with Crippen molar-refractivity contribution in [1.29, 1.82) is 0 Å². The van der Waals surface area contributed by atoms with Crippen molar-refractivity contribution in [1.82, 2.24) is 0 Å². The van der Waals surface area contributed by atoms with Crippen LogP contribution in [0.5, 0.6) is 11.5 Å². The van der Waals surface area contributed by atoms with Crippen molar-refractivity contribution < 1.29 is 14.2 Å². The van der Waals surface area contributed by atoms with E-state index < -0.39 is 0 Å². The molecule has 2 rings (SSSR count). The maximum absolute atomic E-state index is 6.05. The molecule has 0 radical (unpaired) electrons. The van der Waals surface area contributed by atoms with Gasteiger partial charge in [0, 0.05) is 18.9 Å². The monoisotopic (exact) mass is 251 g/mol. The van der Waals surface area contributed by atoms with E-state index in [2.05, 4.69) is 0 Å². The van der Waals surface area contributed by atoms with Crippen molar-refractivity contribution in [2.24, 2.45) is 5.73 Å². The molecule has 1 aliphatic rings. The second-order valence-corrected chi connectivity index (χ2v) is 4.59. The standard InChI is InChI=1S/C14H21NO3/c1-10(15)14-12(16-2)4-3-5-13(14)18-11-6-8-17-9-7-11/h3-5,10-11H,6-9,15H2,1-2H3/t10-/m1/s1. The molecule has 1 aliphatic heterocycles. The van der Waals surface area contributed by atoms with E-state index in [0.717, 1.165) is 43.1 Å². The minimum atomic E-state index is -0.115. The molecule has 1 heterocycles. The third-order valence-corrected chi connectivity index (χ3v) is 3.16. The SMILES string of the molecule is COc1cccc(OC2CCOCC2)c1[C@@H](C)N. The van der Waals surface area contributed by atoms with Crippen LogP contribution >= 0.6 is 0 Å². The minimum absolute atomic E-state index is 0.115. The van der Waals surface area contributed by atoms with E-state index in [9.17, 15) is 0 Å². The Morgan fingerprint density at radius 1 is 1.28 bits per heavy atom. The Bertz CT molecular complexity index is 387. The van der Waals surface area contributed by atoms with Gasteiger partial charge in [0.05, 0.1) is 25.9 Å². The van der Waals surface area contributed by atoms with Gasteiger partial charge in [0.1, 0.15) is 17.6 Å². The summed E-state index contributed by atoms with van der Waals surface area (Å²) in [7, 11) is 1.65. The molecule has 1 fully saturated rings. The highest BCUT2D eigenvalue weighted by Gasteiger charge is 2.20. The lowest BCUT2D eigenvalue weighted by Gasteiger charge is -2.26. The topological polar surface area (TPSA) is 53.7 Å². The first-order valence-electron chi connectivity index (χ1n) is 6.39. The van der Waals surface area contributed by atoms with Gasteiger partial charge in [-0.25, -0.2) is 0 Å². The summed E-state index contributed by atoms with van der Waals surface area (Å²) in [4.78, 5) is 0. The van der Waals surface area contributed by atoms with Gasteiger partial charge in [-0.3, -0.25) is 0 Å². The summed E-state index contributed by atoms with van der Waals surface area (Å²) in [5.41, 5.74) is 6.95. The van der Waals surface area contributed by atoms with Gasteiger partial charge in [-0.15, -0.1) is 0 Å². The summed E-state index contributed by atoms with van der Waals surface area (Å²) in [6, 6.07) is 5.68. The summed E-state index contributed by atoms with van der Waals surface area (Å²) in [6.07, 6.45) is 2.06. The summed E-state index contributed by atoms with van der Waals surface area (Å²) >= 11 is 0. The molecule has 1 aromatic carbocycles. The summed E-state index contributed by atoms with van der Waals surface area (Å²) in [6.45, 7) is 3.47. The highest BCUT2D eigenvalue weighted by molar-refractivity contribution is 5.46. The van der Waals surface area contributed by atoms with Crippen LogP contribution in [0.3, 0.4) is 0 Å². The van der Waals surface area contributed by atoms with Crippen LogP contribution in [0.4, 0.5) is 0 Å². The largest absolute Gasteiger partial charge is 0.496 e. The first-order chi connectivity index (χ1) is 8.72. The molecule has 4 heteroatoms. The average Bonchev–Trinajstić information content (AvgIpc) is 2.39. The molecule has 0 saturated carbocycles. The number of benzene rings is 1. The lowest BCUT2D eigenvalue weighted by atomic mass is 10.1. The molecular weight excluding hydrogens is 230 g/mol. The summed E-state index contributed by atoms with van der Waals surface area (Å²) < 4.78 is 16.7. The second kappa shape index (κ2) is 6.07. The van der Waals surface area contributed by atoms with Crippen molar-refractivity contribution in [2.45, 2.75) is 31.9 Å². The normalized spacial score (nSPS) is 18.4. The summed E-state index contributed by atoms with van der Waals surface area (Å²) in [5.74, 6) is 1.62. The molecule has 18 heavy (non-hydrogen) atoms. The first kappa shape index (κ1) is 13.2. The van der Waals surface area contributed by atoms with Crippen LogP contribution in [-0.4, -0.2) is 26.4 Å². The van der Waals surface area contributed by atoms with Crippen LogP contribution < -0.4 is 15.2 Å². The molecule has 0 spiro atoms. The van der Waals surface area contributed by atoms with Crippen molar-refractivity contribution >= 4 is 0 Å². The third-order valence-electron chi connectivity index (χ3n) is 3.16. The number of ether oxygens (including phenoxy) is 3. The van der Waals surface area contributed by atoms with Gasteiger partial charge in [-0.2, -0.15) is 0 Å². The van der Waals surface area contributed by atoms with Gasteiger partial charge in [-0.1, -0.05) is 6.07 Å². The van der Waals surface area contributed by atoms with E-state index in [1.54, 1.807) is 7.11 Å². The van der Waals surface area contributed by atoms with Crippen molar-refractivity contribution in [3.63, 3.8) is 0 Å². The molecule has 0 aliphatic carbocycles. The zero-order valence-corrected chi connectivity index (χ0v) is 11.0. The molecule has 0 unspecified atom stereocenters. The zero-order valence-electron chi connectivity index (χ0n) is 11.0. The smallest absolute Gasteiger partial charge is 0.128 e. The number of rotatable bonds is 4. The van der Waals surface area contributed by atoms with Crippen LogP contribution in [0.15, 0.2) is 18.2 Å². The predicted molar refractivity (Wildman–Crippen MR) is 70.1 cm³/mol. The molecule has 0 aromatic heterocycles. The van der Waals surface area contributed by atoms with Crippen molar-refractivity contribution in [2.75, 3.05) is 20.3 Å². The number of nitrogens with two attached hydrogens (primary N) is 1. The van der Waals surface area contributed by atoms with Gasteiger partial charge in [0.15, 0.2) is 0 Å². The lowest BCUT2D eigenvalue weighted by Crippen LogP contribution is -2.26. The lowest BCUT2D eigenvalue weighted by molar-refractivity contribution is 0.0250. The van der Waals surface area contributed by atoms with Crippen molar-refractivity contribution in [3.05, 3.63) is 23.8 Å². The Labute approximate surface area is 108 Å². The fraction of sp³-hybridized carbons (Fsp3) is 0.571. The Morgan fingerprint density at radius 2 is 1.94 bits per heavy atom. The van der Waals surface area contributed by atoms with Gasteiger partial charge in [-0.05, 0) is 19.1 Å². The predicted octanol–water partition coefficient (Wildman–Crippen LogP) is 2.27. The Kier molecular flexibility index (Phi) is 4.44. The van der Waals surface area contributed by atoms with Gasteiger partial charge in [0.2, 0.25) is 0 Å². The van der Waals surface area contributed by atoms with Crippen LogP contribution in [0.2, 0.25) is 0 Å². The highest BCUT2D eigenvalue weighted by Crippen LogP contribution is 2.34. The molecule has 1 atom stereocenters. The van der Waals surface area contributed by atoms with Crippen molar-refractivity contribution in [3.8, 4) is 11.5 Å². The fourth-order valence-corrected chi connectivity index (χ4v) is 2.23. The Morgan fingerprint density at radius 3 is 2.56 bits per heavy atom. The highest BCUT2D eigenvalue weighted by atomic mass is 16.5. The van der Waals surface area contributed by atoms with E-state index in [-0.39, 0.29) is 12.1 Å². The molecule has 100 valence electrons. The van der Waals surface area contributed by atoms with Gasteiger partial charge >= 0.3 is 0 Å². The molecule has 1 aromatic rings. The van der Waals surface area contributed by atoms with Crippen LogP contribution in [0.25, 0.3) is 0 Å². The van der Waals surface area contributed by atoms with Gasteiger partial charge < -0.3 is 19.9 Å². The number of hydrogen-bond acceptors (Lipinski definition) is 4. The van der Waals surface area contributed by atoms with E-state index in [4.69, 9.17) is 19.9 Å². The minimum Gasteiger partial charge on any atom is -0.496 e. The number of methoxy groups -OCH3 is 1. The maximum atomic E-state index is 6.05. The maximum Gasteiger partial charge on any atom is 0.128 e. The third kappa shape index (κ3) is 2.94. The fourth-order valence-electron chi connectivity index (χ4n) is 2.23. The van der Waals surface area contributed by atoms with Crippen LogP contribution in [0.1, 0.15) is 31.4 Å². The molecule has 2 N–H and O–H groups in total. The van der Waals surface area contributed by atoms with Crippen LogP contribution in [-0.2, 0) is 4.74 Å². The Hall–Kier alpha value is -1.26. The molecule has 1 saturated heterocycles. The zero-order chi connectivity index (χ0) is 13.0. The molecule has 0 amide bonds. The van der Waals surface area contributed by atoms with E-state index in [1.165, 1.54) is 0 Å². The van der Waals surface area contributed by atoms with Crippen LogP contribution in [0, 0.1) is 0 Å². The molecule has 4 nitrogen and oxygen atoms in total. The van der Waals surface area contributed by atoms with Gasteiger partial charge in [0.25, 0.3) is 0 Å². The summed E-state index contributed by atoms with van der Waals surface area (Å²) in [5, 5.41) is 0. The second-order valence-electron chi connectivity index (χ2n) is 4.59. The molecule has 0 bridgehead atoms.